The van der Waals surface area contributed by atoms with E-state index in [1.807, 2.05) is 18.2 Å². The highest BCUT2D eigenvalue weighted by Gasteiger charge is 2.21. The summed E-state index contributed by atoms with van der Waals surface area (Å²) in [7, 11) is 0. The van der Waals surface area contributed by atoms with Crippen LogP contribution >= 0.6 is 0 Å². The zero-order valence-electron chi connectivity index (χ0n) is 11.7. The van der Waals surface area contributed by atoms with E-state index in [9.17, 15) is 4.79 Å². The lowest BCUT2D eigenvalue weighted by Crippen LogP contribution is -2.44. The van der Waals surface area contributed by atoms with Crippen molar-refractivity contribution < 1.29 is 9.53 Å². The summed E-state index contributed by atoms with van der Waals surface area (Å²) < 4.78 is 5.73. The maximum atomic E-state index is 11.8. The summed E-state index contributed by atoms with van der Waals surface area (Å²) in [6.45, 7) is 1.35. The highest BCUT2D eigenvalue weighted by molar-refractivity contribution is 5.74. The third-order valence-corrected chi connectivity index (χ3v) is 4.20. The number of nitrogens with one attached hydrogen (secondary N) is 2. The Hall–Kier alpha value is -1.71. The van der Waals surface area contributed by atoms with Gasteiger partial charge in [-0.3, -0.25) is 0 Å². The molecule has 20 heavy (non-hydrogen) atoms. The van der Waals surface area contributed by atoms with Crippen molar-refractivity contribution in [2.45, 2.75) is 38.1 Å². The topological polar surface area (TPSA) is 50.4 Å². The van der Waals surface area contributed by atoms with Gasteiger partial charge in [-0.25, -0.2) is 4.79 Å². The number of fused-ring (bicyclic) bond motifs is 1. The summed E-state index contributed by atoms with van der Waals surface area (Å²) >= 11 is 0. The Morgan fingerprint density at radius 2 is 2.05 bits per heavy atom. The first kappa shape index (κ1) is 13.3. The molecule has 0 spiro atoms. The van der Waals surface area contributed by atoms with Crippen LogP contribution in [0.15, 0.2) is 24.3 Å². The van der Waals surface area contributed by atoms with Crippen molar-refractivity contribution in [1.82, 2.24) is 10.6 Å². The summed E-state index contributed by atoms with van der Waals surface area (Å²) in [4.78, 5) is 11.8. The zero-order valence-corrected chi connectivity index (χ0v) is 11.7. The lowest BCUT2D eigenvalue weighted by atomic mass is 9.97. The fourth-order valence-electron chi connectivity index (χ4n) is 3.07. The molecule has 4 heteroatoms. The Balaban J connectivity index is 1.44. The van der Waals surface area contributed by atoms with Crippen LogP contribution in [-0.4, -0.2) is 25.2 Å². The number of rotatable bonds is 3. The van der Waals surface area contributed by atoms with Crippen molar-refractivity contribution in [3.8, 4) is 5.75 Å². The van der Waals surface area contributed by atoms with Gasteiger partial charge in [0.2, 0.25) is 0 Å². The Bertz CT molecular complexity index is 469. The van der Waals surface area contributed by atoms with E-state index >= 15 is 0 Å². The van der Waals surface area contributed by atoms with E-state index in [-0.39, 0.29) is 6.03 Å². The molecule has 1 heterocycles. The number of carbonyl (C=O) groups excluding carboxylic acids is 1. The van der Waals surface area contributed by atoms with Crippen molar-refractivity contribution >= 4 is 6.03 Å². The van der Waals surface area contributed by atoms with Gasteiger partial charge in [0, 0.05) is 18.5 Å². The van der Waals surface area contributed by atoms with Gasteiger partial charge in [-0.1, -0.05) is 31.0 Å². The van der Waals surface area contributed by atoms with Crippen molar-refractivity contribution in [1.29, 1.82) is 0 Å². The smallest absolute Gasteiger partial charge is 0.315 e. The third kappa shape index (κ3) is 3.24. The quantitative estimate of drug-likeness (QED) is 0.889. The molecule has 2 aliphatic rings. The predicted molar refractivity (Wildman–Crippen MR) is 77.9 cm³/mol. The number of hydrogen-bond acceptors (Lipinski definition) is 2. The van der Waals surface area contributed by atoms with Crippen molar-refractivity contribution in [2.24, 2.45) is 5.92 Å². The zero-order chi connectivity index (χ0) is 13.8. The molecule has 1 aromatic carbocycles. The Morgan fingerprint density at radius 3 is 2.90 bits per heavy atom. The van der Waals surface area contributed by atoms with Gasteiger partial charge in [-0.2, -0.15) is 0 Å². The van der Waals surface area contributed by atoms with Crippen LogP contribution in [-0.2, 0) is 6.42 Å². The minimum Gasteiger partial charge on any atom is -0.493 e. The molecule has 108 valence electrons. The van der Waals surface area contributed by atoms with Gasteiger partial charge in [0.1, 0.15) is 5.75 Å². The normalized spacial score (nSPS) is 21.9. The molecule has 1 saturated carbocycles. The first-order valence-corrected chi connectivity index (χ1v) is 7.56. The first-order valence-electron chi connectivity index (χ1n) is 7.56. The van der Waals surface area contributed by atoms with Gasteiger partial charge in [0.05, 0.1) is 6.61 Å². The van der Waals surface area contributed by atoms with Gasteiger partial charge in [0.25, 0.3) is 0 Å². The number of hydrogen-bond donors (Lipinski definition) is 2. The molecule has 1 aliphatic heterocycles. The van der Waals surface area contributed by atoms with Gasteiger partial charge in [0.15, 0.2) is 0 Å². The molecule has 1 fully saturated rings. The van der Waals surface area contributed by atoms with E-state index < -0.39 is 0 Å². The minimum atomic E-state index is -0.0317. The number of benzene rings is 1. The molecule has 2 N–H and O–H groups in total. The Morgan fingerprint density at radius 1 is 1.25 bits per heavy atom. The van der Waals surface area contributed by atoms with Crippen LogP contribution in [0.4, 0.5) is 4.79 Å². The standard InChI is InChI=1S/C16H22N2O2/c19-16(18-14-6-2-3-7-14)17-10-12-9-13-5-1-4-8-15(13)20-11-12/h1,4-5,8,12,14H,2-3,6-7,9-11H2,(H2,17,18,19)/t12-/m0/s1. The molecule has 1 atom stereocenters. The third-order valence-electron chi connectivity index (χ3n) is 4.20. The summed E-state index contributed by atoms with van der Waals surface area (Å²) in [6, 6.07) is 8.47. The summed E-state index contributed by atoms with van der Waals surface area (Å²) in [5, 5.41) is 6.03. The maximum Gasteiger partial charge on any atom is 0.315 e. The molecule has 1 aliphatic carbocycles. The van der Waals surface area contributed by atoms with Crippen LogP contribution in [0, 0.1) is 5.92 Å². The molecule has 0 aromatic heterocycles. The Kier molecular flexibility index (Phi) is 4.09. The van der Waals surface area contributed by atoms with Crippen molar-refractivity contribution in [3.63, 3.8) is 0 Å². The predicted octanol–water partition coefficient (Wildman–Crippen LogP) is 2.48. The van der Waals surface area contributed by atoms with E-state index in [4.69, 9.17) is 4.74 Å². The SMILES string of the molecule is O=C(NC[C@H]1COc2ccccc2C1)NC1CCCC1. The van der Waals surface area contributed by atoms with Crippen molar-refractivity contribution in [2.75, 3.05) is 13.2 Å². The van der Waals surface area contributed by atoms with Crippen molar-refractivity contribution in [3.05, 3.63) is 29.8 Å². The molecule has 1 aromatic rings. The summed E-state index contributed by atoms with van der Waals surface area (Å²) in [5.41, 5.74) is 1.24. The largest absolute Gasteiger partial charge is 0.493 e. The fourth-order valence-corrected chi connectivity index (χ4v) is 3.07. The summed E-state index contributed by atoms with van der Waals surface area (Å²) in [6.07, 6.45) is 5.68. The fraction of sp³-hybridized carbons (Fsp3) is 0.562. The van der Waals surface area contributed by atoms with Gasteiger partial charge >= 0.3 is 6.03 Å². The minimum absolute atomic E-state index is 0.0317. The lowest BCUT2D eigenvalue weighted by Gasteiger charge is -2.25. The van der Waals surface area contributed by atoms with Gasteiger partial charge < -0.3 is 15.4 Å². The first-order chi connectivity index (χ1) is 9.81. The second kappa shape index (κ2) is 6.16. The van der Waals surface area contributed by atoms with Crippen LogP contribution in [0.2, 0.25) is 0 Å². The number of amides is 2. The number of ether oxygens (including phenoxy) is 1. The van der Waals surface area contributed by atoms with Crippen LogP contribution in [0.3, 0.4) is 0 Å². The van der Waals surface area contributed by atoms with E-state index in [1.54, 1.807) is 0 Å². The summed E-state index contributed by atoms with van der Waals surface area (Å²) in [5.74, 6) is 1.35. The van der Waals surface area contributed by atoms with E-state index in [1.165, 1.54) is 18.4 Å². The lowest BCUT2D eigenvalue weighted by molar-refractivity contribution is 0.210. The molecule has 4 nitrogen and oxygen atoms in total. The molecule has 0 bridgehead atoms. The monoisotopic (exact) mass is 274 g/mol. The van der Waals surface area contributed by atoms with E-state index in [2.05, 4.69) is 16.7 Å². The second-order valence-electron chi connectivity index (χ2n) is 5.82. The average Bonchev–Trinajstić information content (AvgIpc) is 2.98. The number of urea groups is 1. The van der Waals surface area contributed by atoms with Crippen LogP contribution < -0.4 is 15.4 Å². The number of para-hydroxylation sites is 1. The molecular formula is C16H22N2O2. The maximum absolute atomic E-state index is 11.8. The Labute approximate surface area is 119 Å². The van der Waals surface area contributed by atoms with Crippen LogP contribution in [0.1, 0.15) is 31.2 Å². The van der Waals surface area contributed by atoms with Crippen LogP contribution in [0.25, 0.3) is 0 Å². The molecular weight excluding hydrogens is 252 g/mol. The molecule has 3 rings (SSSR count). The highest BCUT2D eigenvalue weighted by Crippen LogP contribution is 2.26. The average molecular weight is 274 g/mol. The molecule has 0 saturated heterocycles. The van der Waals surface area contributed by atoms with Crippen LogP contribution in [0.5, 0.6) is 5.75 Å². The number of carbonyl (C=O) groups is 1. The van der Waals surface area contributed by atoms with E-state index in [0.29, 0.717) is 25.1 Å². The molecule has 0 unspecified atom stereocenters. The van der Waals surface area contributed by atoms with Gasteiger partial charge in [-0.05, 0) is 30.9 Å². The molecule has 2 amide bonds. The second-order valence-corrected chi connectivity index (χ2v) is 5.82. The highest BCUT2D eigenvalue weighted by atomic mass is 16.5. The van der Waals surface area contributed by atoms with Gasteiger partial charge in [-0.15, -0.1) is 0 Å². The van der Waals surface area contributed by atoms with E-state index in [0.717, 1.165) is 25.0 Å². The molecule has 0 radical (unpaired) electrons.